The minimum atomic E-state index is 0.00893. The molecule has 0 unspecified atom stereocenters. The van der Waals surface area contributed by atoms with Gasteiger partial charge in [0, 0.05) is 34.1 Å². The van der Waals surface area contributed by atoms with Gasteiger partial charge < -0.3 is 9.80 Å². The number of rotatable bonds is 9. The molecule has 0 saturated carbocycles. The van der Waals surface area contributed by atoms with Gasteiger partial charge in [0.15, 0.2) is 0 Å². The molecule has 0 aliphatic rings. The summed E-state index contributed by atoms with van der Waals surface area (Å²) in [6, 6.07) is 85.6. The van der Waals surface area contributed by atoms with Gasteiger partial charge in [0.2, 0.25) is 0 Å². The van der Waals surface area contributed by atoms with E-state index in [1.807, 2.05) is 0 Å². The lowest BCUT2D eigenvalue weighted by molar-refractivity contribution is 0.591. The summed E-state index contributed by atoms with van der Waals surface area (Å²) in [7, 11) is 0. The predicted molar refractivity (Wildman–Crippen MR) is 266 cm³/mol. The van der Waals surface area contributed by atoms with Gasteiger partial charge in [0.25, 0.3) is 0 Å². The van der Waals surface area contributed by atoms with E-state index in [-0.39, 0.29) is 5.41 Å². The van der Waals surface area contributed by atoms with E-state index in [2.05, 4.69) is 267 Å². The Morgan fingerprint density at radius 1 is 0.258 bits per heavy atom. The smallest absolute Gasteiger partial charge is 0.0462 e. The molecular weight excluding hydrogens is 749 g/mol. The second-order valence-electron chi connectivity index (χ2n) is 17.0. The molecule has 10 rings (SSSR count). The Morgan fingerprint density at radius 3 is 0.968 bits per heavy atom. The van der Waals surface area contributed by atoms with Crippen molar-refractivity contribution in [2.45, 2.75) is 26.2 Å². The molecule has 0 radical (unpaired) electrons. The van der Waals surface area contributed by atoms with Gasteiger partial charge in [0.05, 0.1) is 0 Å². The van der Waals surface area contributed by atoms with Gasteiger partial charge in [-0.1, -0.05) is 178 Å². The highest BCUT2D eigenvalue weighted by Gasteiger charge is 2.21. The molecule has 10 aromatic carbocycles. The van der Waals surface area contributed by atoms with Crippen molar-refractivity contribution in [1.82, 2.24) is 0 Å². The molecule has 0 aliphatic heterocycles. The van der Waals surface area contributed by atoms with Crippen LogP contribution in [-0.2, 0) is 5.41 Å². The molecule has 0 bridgehead atoms. The zero-order valence-electron chi connectivity index (χ0n) is 35.4. The van der Waals surface area contributed by atoms with Crippen molar-refractivity contribution in [3.8, 4) is 33.4 Å². The molecule has 0 N–H and O–H groups in total. The van der Waals surface area contributed by atoms with Crippen LogP contribution in [0.25, 0.3) is 54.9 Å². The lowest BCUT2D eigenvalue weighted by Gasteiger charge is -2.26. The van der Waals surface area contributed by atoms with Crippen LogP contribution in [0.15, 0.2) is 237 Å². The van der Waals surface area contributed by atoms with E-state index < -0.39 is 0 Å². The number of benzene rings is 10. The van der Waals surface area contributed by atoms with Crippen LogP contribution >= 0.6 is 0 Å². The first kappa shape index (κ1) is 38.5. The normalized spacial score (nSPS) is 11.5. The van der Waals surface area contributed by atoms with E-state index in [1.54, 1.807) is 0 Å². The highest BCUT2D eigenvalue weighted by Crippen LogP contribution is 2.46. The van der Waals surface area contributed by atoms with Crippen LogP contribution in [-0.4, -0.2) is 0 Å². The molecule has 2 heteroatoms. The predicted octanol–water partition coefficient (Wildman–Crippen LogP) is 17.2. The van der Waals surface area contributed by atoms with Gasteiger partial charge in [-0.15, -0.1) is 0 Å². The first-order chi connectivity index (χ1) is 30.4. The van der Waals surface area contributed by atoms with Crippen LogP contribution in [0, 0.1) is 0 Å². The maximum atomic E-state index is 2.44. The van der Waals surface area contributed by atoms with Crippen molar-refractivity contribution in [3.05, 3.63) is 242 Å². The second-order valence-corrected chi connectivity index (χ2v) is 17.0. The second kappa shape index (κ2) is 16.4. The van der Waals surface area contributed by atoms with E-state index in [4.69, 9.17) is 0 Å². The van der Waals surface area contributed by atoms with E-state index in [9.17, 15) is 0 Å². The number of nitrogens with zero attached hydrogens (tertiary/aromatic N) is 2. The maximum Gasteiger partial charge on any atom is 0.0462 e. The first-order valence-electron chi connectivity index (χ1n) is 21.5. The molecule has 0 spiro atoms. The lowest BCUT2D eigenvalue weighted by atomic mass is 9.81. The van der Waals surface area contributed by atoms with Gasteiger partial charge in [0.1, 0.15) is 0 Å². The Bertz CT molecular complexity index is 3060. The average Bonchev–Trinajstić information content (AvgIpc) is 3.32. The fourth-order valence-corrected chi connectivity index (χ4v) is 8.88. The fraction of sp³-hybridized carbons (Fsp3) is 0.0667. The Hall–Kier alpha value is -7.68. The Kier molecular flexibility index (Phi) is 10.2. The zero-order chi connectivity index (χ0) is 42.0. The van der Waals surface area contributed by atoms with Crippen molar-refractivity contribution < 1.29 is 0 Å². The van der Waals surface area contributed by atoms with E-state index in [0.29, 0.717) is 0 Å². The molecule has 0 heterocycles. The van der Waals surface area contributed by atoms with Gasteiger partial charge in [-0.2, -0.15) is 0 Å². The van der Waals surface area contributed by atoms with Gasteiger partial charge in [-0.3, -0.25) is 0 Å². The molecule has 2 nitrogen and oxygen atoms in total. The summed E-state index contributed by atoms with van der Waals surface area (Å²) in [5.74, 6) is 0. The maximum absolute atomic E-state index is 2.44. The molecule has 0 saturated heterocycles. The van der Waals surface area contributed by atoms with Crippen LogP contribution in [0.1, 0.15) is 26.3 Å². The molecule has 0 aromatic heterocycles. The van der Waals surface area contributed by atoms with Gasteiger partial charge >= 0.3 is 0 Å². The SMILES string of the molecule is CC(C)(C)c1ccc2c(-c3ccccc3)c3ccccc3c(-c3ccc(N(c4ccccc4)c4ccc(-c5ccc(N(c6ccccc6)c6ccccc6)cc5)cc4)cc3)c2c1. The topological polar surface area (TPSA) is 6.48 Å². The van der Waals surface area contributed by atoms with Crippen molar-refractivity contribution >= 4 is 55.7 Å². The zero-order valence-corrected chi connectivity index (χ0v) is 35.4. The van der Waals surface area contributed by atoms with Gasteiger partial charge in [-0.05, 0) is 145 Å². The number of anilines is 6. The number of fused-ring (bicyclic) bond motifs is 2. The summed E-state index contributed by atoms with van der Waals surface area (Å²) in [5.41, 5.74) is 15.3. The monoisotopic (exact) mass is 796 g/mol. The fourth-order valence-electron chi connectivity index (χ4n) is 8.88. The third-order valence-corrected chi connectivity index (χ3v) is 12.0. The molecule has 0 fully saturated rings. The molecule has 62 heavy (non-hydrogen) atoms. The Labute approximate surface area is 365 Å². The van der Waals surface area contributed by atoms with Crippen LogP contribution in [0.3, 0.4) is 0 Å². The molecule has 0 amide bonds. The third kappa shape index (κ3) is 7.42. The largest absolute Gasteiger partial charge is 0.311 e. The highest BCUT2D eigenvalue weighted by atomic mass is 15.1. The molecule has 10 aromatic rings. The third-order valence-electron chi connectivity index (χ3n) is 12.0. The molecule has 298 valence electrons. The van der Waals surface area contributed by atoms with E-state index in [0.717, 1.165) is 34.1 Å². The summed E-state index contributed by atoms with van der Waals surface area (Å²) in [6.07, 6.45) is 0. The lowest BCUT2D eigenvalue weighted by Crippen LogP contribution is -2.11. The van der Waals surface area contributed by atoms with Crippen molar-refractivity contribution in [2.24, 2.45) is 0 Å². The summed E-state index contributed by atoms with van der Waals surface area (Å²) in [6.45, 7) is 6.90. The van der Waals surface area contributed by atoms with Crippen LogP contribution in [0.4, 0.5) is 34.1 Å². The Balaban J connectivity index is 1.02. The Morgan fingerprint density at radius 2 is 0.565 bits per heavy atom. The first-order valence-corrected chi connectivity index (χ1v) is 21.5. The molecule has 0 aliphatic carbocycles. The molecular formula is C60H48N2. The minimum absolute atomic E-state index is 0.00893. The summed E-state index contributed by atoms with van der Waals surface area (Å²) < 4.78 is 0. The van der Waals surface area contributed by atoms with Crippen LogP contribution < -0.4 is 9.80 Å². The number of hydrogen-bond donors (Lipinski definition) is 0. The summed E-state index contributed by atoms with van der Waals surface area (Å²) in [5, 5.41) is 5.07. The van der Waals surface area contributed by atoms with E-state index >= 15 is 0 Å². The van der Waals surface area contributed by atoms with Crippen LogP contribution in [0.2, 0.25) is 0 Å². The van der Waals surface area contributed by atoms with Gasteiger partial charge in [-0.25, -0.2) is 0 Å². The minimum Gasteiger partial charge on any atom is -0.311 e. The molecule has 0 atom stereocenters. The quantitative estimate of drug-likeness (QED) is 0.134. The average molecular weight is 797 g/mol. The van der Waals surface area contributed by atoms with E-state index in [1.165, 1.54) is 60.5 Å². The highest BCUT2D eigenvalue weighted by molar-refractivity contribution is 6.21. The van der Waals surface area contributed by atoms with Crippen molar-refractivity contribution in [2.75, 3.05) is 9.80 Å². The standard InChI is InChI=1S/C60H48N2/c1-60(2,3)47-34-41-56-57(42-47)59(55-27-17-16-26-54(55)58(56)45-18-8-4-9-19-45)46-32-39-53(40-33-46)62(50-24-14-7-15-25-50)52-37-30-44(31-38-52)43-28-35-51(36-29-43)61(48-20-10-5-11-21-48)49-22-12-6-13-23-49/h4-42H,1-3H3. The number of hydrogen-bond acceptors (Lipinski definition) is 2. The number of para-hydroxylation sites is 3. The van der Waals surface area contributed by atoms with Crippen molar-refractivity contribution in [1.29, 1.82) is 0 Å². The van der Waals surface area contributed by atoms with Crippen LogP contribution in [0.5, 0.6) is 0 Å². The summed E-state index contributed by atoms with van der Waals surface area (Å²) >= 11 is 0. The van der Waals surface area contributed by atoms with Crippen molar-refractivity contribution in [3.63, 3.8) is 0 Å². The summed E-state index contributed by atoms with van der Waals surface area (Å²) in [4.78, 5) is 4.64.